The molecule has 1 spiro atoms. The van der Waals surface area contributed by atoms with Crippen LogP contribution in [0, 0.1) is 10.8 Å². The number of anilines is 1. The second-order valence-electron chi connectivity index (χ2n) is 8.78. The number of nitrogens with two attached hydrogens (primary N) is 1. The Balaban J connectivity index is 1.48. The molecule has 0 atom stereocenters. The fraction of sp³-hybridized carbons (Fsp3) is 0.346. The molecule has 2 aliphatic rings. The zero-order chi connectivity index (χ0) is 25.2. The molecule has 2 saturated heterocycles. The highest BCUT2D eigenvalue weighted by atomic mass is 79.9. The number of piperidine rings is 1. The fourth-order valence-electron chi connectivity index (χ4n) is 4.94. The highest BCUT2D eigenvalue weighted by molar-refractivity contribution is 9.10. The molecule has 2 aliphatic heterocycles. The first kappa shape index (κ1) is 24.8. The van der Waals surface area contributed by atoms with Crippen LogP contribution in [0.15, 0.2) is 47.1 Å². The molecule has 184 valence electrons. The van der Waals surface area contributed by atoms with Crippen molar-refractivity contribution in [2.75, 3.05) is 38.8 Å². The number of allylic oxidation sites excluding steroid dienone is 1. The van der Waals surface area contributed by atoms with Gasteiger partial charge in [-0.15, -0.1) is 0 Å². The number of carbonyl (C=O) groups is 2. The summed E-state index contributed by atoms with van der Waals surface area (Å²) < 4.78 is 11.4. The summed E-state index contributed by atoms with van der Waals surface area (Å²) in [6, 6.07) is 10.8. The smallest absolute Gasteiger partial charge is 0.255 e. The molecule has 2 aromatic carbocycles. The number of likely N-dealkylation sites (tertiary alicyclic amines) is 1. The number of amides is 2. The van der Waals surface area contributed by atoms with E-state index in [4.69, 9.17) is 20.6 Å². The van der Waals surface area contributed by atoms with Crippen LogP contribution in [0.2, 0.25) is 0 Å². The second-order valence-corrected chi connectivity index (χ2v) is 9.63. The van der Waals surface area contributed by atoms with Gasteiger partial charge in [0.05, 0.1) is 25.2 Å². The molecule has 3 N–H and O–H groups in total. The number of carbonyl (C=O) groups excluding carboxylic acids is 2. The zero-order valence-corrected chi connectivity index (χ0v) is 21.4. The van der Waals surface area contributed by atoms with Crippen molar-refractivity contribution in [2.24, 2.45) is 11.1 Å². The summed E-state index contributed by atoms with van der Waals surface area (Å²) in [4.78, 5) is 30.3. The molecule has 0 aromatic heterocycles. The average molecular weight is 541 g/mol. The van der Waals surface area contributed by atoms with Gasteiger partial charge in [0.2, 0.25) is 5.91 Å². The van der Waals surface area contributed by atoms with E-state index >= 15 is 0 Å². The number of methoxy groups -OCH3 is 2. The predicted octanol–water partition coefficient (Wildman–Crippen LogP) is 4.07. The highest BCUT2D eigenvalue weighted by Gasteiger charge is 2.49. The van der Waals surface area contributed by atoms with E-state index in [2.05, 4.69) is 15.9 Å². The quantitative estimate of drug-likeness (QED) is 0.536. The van der Waals surface area contributed by atoms with Crippen LogP contribution >= 0.6 is 15.9 Å². The van der Waals surface area contributed by atoms with Gasteiger partial charge in [-0.3, -0.25) is 9.59 Å². The Morgan fingerprint density at radius 1 is 1.06 bits per heavy atom. The number of ether oxygens (including phenoxy) is 2. The summed E-state index contributed by atoms with van der Waals surface area (Å²) in [5, 5.41) is 7.55. The van der Waals surface area contributed by atoms with Crippen molar-refractivity contribution in [2.45, 2.75) is 19.3 Å². The molecule has 4 rings (SSSR count). The molecular weight excluding hydrogens is 512 g/mol. The van der Waals surface area contributed by atoms with Crippen LogP contribution < -0.4 is 20.1 Å². The lowest BCUT2D eigenvalue weighted by Crippen LogP contribution is -2.46. The van der Waals surface area contributed by atoms with Gasteiger partial charge in [-0.1, -0.05) is 0 Å². The third kappa shape index (κ3) is 4.52. The summed E-state index contributed by atoms with van der Waals surface area (Å²) in [6.07, 6.45) is 4.54. The lowest BCUT2D eigenvalue weighted by molar-refractivity contribution is -0.127. The van der Waals surface area contributed by atoms with Gasteiger partial charge in [0, 0.05) is 59.4 Å². The van der Waals surface area contributed by atoms with E-state index in [1.807, 2.05) is 23.1 Å². The lowest BCUT2D eigenvalue weighted by Gasteiger charge is -2.38. The Hall–Kier alpha value is -3.33. The van der Waals surface area contributed by atoms with Crippen molar-refractivity contribution in [3.8, 4) is 11.5 Å². The standard InChI is InChI=1S/C26H29BrN4O4/c1-34-19-4-6-21(22(27)14-19)24(32)30-10-7-26(8-11-30)9-12-31(25(26)33)18-3-5-20(17(15-28)16-29)23(13-18)35-2/h3-6,13-16,28H,7-12,29H2,1-2H3/b17-16+,28-15?. The number of nitrogens with zero attached hydrogens (tertiary/aromatic N) is 2. The lowest BCUT2D eigenvalue weighted by atomic mass is 9.77. The molecule has 0 bridgehead atoms. The molecule has 2 fully saturated rings. The minimum absolute atomic E-state index is 0.0491. The van der Waals surface area contributed by atoms with Crippen LogP contribution in [0.3, 0.4) is 0 Å². The van der Waals surface area contributed by atoms with Gasteiger partial charge in [0.1, 0.15) is 11.5 Å². The van der Waals surface area contributed by atoms with E-state index in [-0.39, 0.29) is 11.8 Å². The first-order valence-corrected chi connectivity index (χ1v) is 12.2. The number of hydrogen-bond acceptors (Lipinski definition) is 6. The molecule has 9 heteroatoms. The Morgan fingerprint density at radius 2 is 1.74 bits per heavy atom. The third-order valence-corrected chi connectivity index (χ3v) is 7.73. The molecule has 2 amide bonds. The average Bonchev–Trinajstić information content (AvgIpc) is 3.20. The van der Waals surface area contributed by atoms with Gasteiger partial charge in [0.25, 0.3) is 5.91 Å². The summed E-state index contributed by atoms with van der Waals surface area (Å²) >= 11 is 3.47. The largest absolute Gasteiger partial charge is 0.497 e. The number of nitrogens with one attached hydrogen (secondary N) is 1. The molecule has 8 nitrogen and oxygen atoms in total. The van der Waals surface area contributed by atoms with Crippen LogP contribution in [0.1, 0.15) is 35.2 Å². The summed E-state index contributed by atoms with van der Waals surface area (Å²) in [7, 11) is 3.15. The van der Waals surface area contributed by atoms with Crippen molar-refractivity contribution >= 4 is 45.2 Å². The van der Waals surface area contributed by atoms with Crippen LogP contribution in [0.25, 0.3) is 5.57 Å². The fourth-order valence-corrected chi connectivity index (χ4v) is 5.46. The third-order valence-electron chi connectivity index (χ3n) is 7.07. The molecule has 35 heavy (non-hydrogen) atoms. The SMILES string of the molecule is COc1ccc(C(=O)N2CCC3(CC2)CCN(c2ccc(/C(C=N)=C/N)c(OC)c2)C3=O)c(Br)c1. The summed E-state index contributed by atoms with van der Waals surface area (Å²) in [5.41, 5.74) is 7.76. The highest BCUT2D eigenvalue weighted by Crippen LogP contribution is 2.44. The Morgan fingerprint density at radius 3 is 2.34 bits per heavy atom. The van der Waals surface area contributed by atoms with Gasteiger partial charge < -0.3 is 30.4 Å². The maximum Gasteiger partial charge on any atom is 0.255 e. The molecule has 0 saturated carbocycles. The first-order chi connectivity index (χ1) is 16.9. The van der Waals surface area contributed by atoms with Crippen molar-refractivity contribution in [3.05, 3.63) is 58.2 Å². The molecule has 0 unspecified atom stereocenters. The van der Waals surface area contributed by atoms with Gasteiger partial charge in [-0.05, 0) is 65.5 Å². The Labute approximate surface area is 213 Å². The van der Waals surface area contributed by atoms with Crippen molar-refractivity contribution in [1.29, 1.82) is 5.41 Å². The van der Waals surface area contributed by atoms with Gasteiger partial charge in [0.15, 0.2) is 0 Å². The van der Waals surface area contributed by atoms with Crippen LogP contribution in [0.4, 0.5) is 5.69 Å². The Kier molecular flexibility index (Phi) is 7.16. The van der Waals surface area contributed by atoms with Gasteiger partial charge in [-0.25, -0.2) is 0 Å². The first-order valence-electron chi connectivity index (χ1n) is 11.4. The number of hydrogen-bond donors (Lipinski definition) is 2. The zero-order valence-electron chi connectivity index (χ0n) is 19.8. The van der Waals surface area contributed by atoms with E-state index < -0.39 is 5.41 Å². The van der Waals surface area contributed by atoms with E-state index in [0.717, 1.165) is 12.1 Å². The van der Waals surface area contributed by atoms with E-state index in [9.17, 15) is 9.59 Å². The van der Waals surface area contributed by atoms with Crippen molar-refractivity contribution in [3.63, 3.8) is 0 Å². The molecule has 2 aromatic rings. The van der Waals surface area contributed by atoms with E-state index in [1.54, 1.807) is 37.3 Å². The molecular formula is C26H29BrN4O4. The number of halogens is 1. The minimum Gasteiger partial charge on any atom is -0.497 e. The molecule has 2 heterocycles. The topological polar surface area (TPSA) is 109 Å². The predicted molar refractivity (Wildman–Crippen MR) is 139 cm³/mol. The normalized spacial score (nSPS) is 17.6. The summed E-state index contributed by atoms with van der Waals surface area (Å²) in [6.45, 7) is 1.68. The van der Waals surface area contributed by atoms with Gasteiger partial charge >= 0.3 is 0 Å². The Bertz CT molecular complexity index is 1190. The van der Waals surface area contributed by atoms with Crippen molar-refractivity contribution < 1.29 is 19.1 Å². The monoisotopic (exact) mass is 540 g/mol. The maximum atomic E-state index is 13.6. The number of rotatable bonds is 6. The van der Waals surface area contributed by atoms with Crippen molar-refractivity contribution in [1.82, 2.24) is 4.90 Å². The number of benzene rings is 2. The second kappa shape index (κ2) is 10.1. The van der Waals surface area contributed by atoms with E-state index in [0.29, 0.717) is 65.1 Å². The van der Waals surface area contributed by atoms with Crippen LogP contribution in [-0.2, 0) is 4.79 Å². The van der Waals surface area contributed by atoms with E-state index in [1.165, 1.54) is 12.4 Å². The van der Waals surface area contributed by atoms with Crippen LogP contribution in [0.5, 0.6) is 11.5 Å². The molecule has 0 radical (unpaired) electrons. The molecule has 0 aliphatic carbocycles. The minimum atomic E-state index is -0.461. The summed E-state index contributed by atoms with van der Waals surface area (Å²) in [5.74, 6) is 1.28. The van der Waals surface area contributed by atoms with Crippen LogP contribution in [-0.4, -0.2) is 56.8 Å². The van der Waals surface area contributed by atoms with Gasteiger partial charge in [-0.2, -0.15) is 0 Å². The maximum absolute atomic E-state index is 13.6.